The molecule has 2 aromatic carbocycles. The molecule has 0 aliphatic heterocycles. The molecule has 0 bridgehead atoms. The van der Waals surface area contributed by atoms with Gasteiger partial charge in [0, 0.05) is 49.7 Å². The van der Waals surface area contributed by atoms with E-state index in [4.69, 9.17) is 0 Å². The second-order valence-corrected chi connectivity index (χ2v) is 6.10. The van der Waals surface area contributed by atoms with Gasteiger partial charge in [-0.15, -0.1) is 0 Å². The van der Waals surface area contributed by atoms with Crippen molar-refractivity contribution < 1.29 is 9.85 Å². The maximum atomic E-state index is 10.7. The fraction of sp³-hybridized carbons (Fsp3) is 0.400. The number of nitrogens with zero attached hydrogens (tertiary/aromatic N) is 2. The van der Waals surface area contributed by atoms with Crippen molar-refractivity contribution in [2.75, 3.05) is 47.4 Å². The van der Waals surface area contributed by atoms with Gasteiger partial charge in [0.1, 0.15) is 11.4 Å². The van der Waals surface area contributed by atoms with Crippen LogP contribution in [0.2, 0.25) is 0 Å². The van der Waals surface area contributed by atoms with Crippen LogP contribution in [0, 0.1) is 20.2 Å². The third-order valence-corrected chi connectivity index (χ3v) is 3.88. The van der Waals surface area contributed by atoms with Crippen molar-refractivity contribution >= 4 is 34.1 Å². The van der Waals surface area contributed by atoms with E-state index in [2.05, 4.69) is 21.3 Å². The van der Waals surface area contributed by atoms with Crippen molar-refractivity contribution in [3.05, 3.63) is 56.6 Å². The molecule has 0 saturated carbocycles. The molecule has 0 atom stereocenters. The van der Waals surface area contributed by atoms with Crippen LogP contribution < -0.4 is 21.3 Å². The average molecular weight is 418 g/mol. The van der Waals surface area contributed by atoms with Crippen molar-refractivity contribution in [2.45, 2.75) is 27.7 Å². The summed E-state index contributed by atoms with van der Waals surface area (Å²) >= 11 is 0. The van der Waals surface area contributed by atoms with Crippen LogP contribution in [0.25, 0.3) is 0 Å². The molecule has 0 unspecified atom stereocenters. The normalized spacial score (nSPS) is 9.73. The topological polar surface area (TPSA) is 134 Å². The molecule has 0 aliphatic rings. The highest BCUT2D eigenvalue weighted by molar-refractivity contribution is 5.69. The summed E-state index contributed by atoms with van der Waals surface area (Å²) in [6, 6.07) is 9.95. The first-order chi connectivity index (χ1) is 14.4. The van der Waals surface area contributed by atoms with Crippen molar-refractivity contribution in [2.24, 2.45) is 0 Å². The Labute approximate surface area is 176 Å². The Bertz CT molecular complexity index is 775. The Hall–Kier alpha value is -3.56. The van der Waals surface area contributed by atoms with Crippen LogP contribution in [0.15, 0.2) is 36.4 Å². The maximum Gasteiger partial charge on any atom is 0.292 e. The summed E-state index contributed by atoms with van der Waals surface area (Å²) in [6.45, 7) is 10.7. The molecule has 30 heavy (non-hydrogen) atoms. The molecule has 0 amide bonds. The van der Waals surface area contributed by atoms with Gasteiger partial charge in [0.2, 0.25) is 0 Å². The standard InChI is InChI=1S/2C10H15N3O2/c2*1-3-11-8-5-6-10(13(14)15)9(7-8)12-4-2/h2*5-7,11-12H,3-4H2,1-2H3. The van der Waals surface area contributed by atoms with E-state index < -0.39 is 0 Å². The predicted octanol–water partition coefficient (Wildman–Crippen LogP) is 4.92. The molecule has 10 nitrogen and oxygen atoms in total. The van der Waals surface area contributed by atoms with Crippen molar-refractivity contribution in [3.63, 3.8) is 0 Å². The third kappa shape index (κ3) is 7.46. The zero-order valence-electron chi connectivity index (χ0n) is 17.8. The highest BCUT2D eigenvalue weighted by Gasteiger charge is 2.13. The van der Waals surface area contributed by atoms with E-state index in [1.165, 1.54) is 12.1 Å². The minimum absolute atomic E-state index is 0.110. The lowest BCUT2D eigenvalue weighted by atomic mass is 10.2. The largest absolute Gasteiger partial charge is 0.385 e. The van der Waals surface area contributed by atoms with Gasteiger partial charge in [-0.05, 0) is 52.0 Å². The van der Waals surface area contributed by atoms with E-state index in [-0.39, 0.29) is 21.2 Å². The van der Waals surface area contributed by atoms with Crippen LogP contribution in [0.4, 0.5) is 34.1 Å². The Balaban J connectivity index is 0.000000300. The number of nitro groups is 2. The van der Waals surface area contributed by atoms with Crippen molar-refractivity contribution in [1.82, 2.24) is 0 Å². The molecular formula is C20H30N6O4. The van der Waals surface area contributed by atoms with Gasteiger partial charge >= 0.3 is 0 Å². The van der Waals surface area contributed by atoms with E-state index in [0.29, 0.717) is 24.5 Å². The van der Waals surface area contributed by atoms with Crippen LogP contribution in [-0.4, -0.2) is 36.0 Å². The van der Waals surface area contributed by atoms with Gasteiger partial charge < -0.3 is 21.3 Å². The Morgan fingerprint density at radius 2 is 0.967 bits per heavy atom. The highest BCUT2D eigenvalue weighted by atomic mass is 16.6. The molecule has 4 N–H and O–H groups in total. The molecule has 10 heteroatoms. The molecule has 0 fully saturated rings. The van der Waals surface area contributed by atoms with E-state index in [0.717, 1.165) is 24.5 Å². The molecule has 164 valence electrons. The lowest BCUT2D eigenvalue weighted by Gasteiger charge is -2.08. The molecule has 2 aromatic rings. The third-order valence-electron chi connectivity index (χ3n) is 3.88. The number of hydrogen-bond donors (Lipinski definition) is 4. The number of hydrogen-bond acceptors (Lipinski definition) is 8. The number of nitro benzene ring substituents is 2. The molecule has 0 heterocycles. The Morgan fingerprint density at radius 1 is 0.633 bits per heavy atom. The van der Waals surface area contributed by atoms with Crippen LogP contribution in [0.3, 0.4) is 0 Å². The quantitative estimate of drug-likeness (QED) is 0.315. The fourth-order valence-electron chi connectivity index (χ4n) is 2.68. The number of anilines is 4. The number of nitrogens with one attached hydrogen (secondary N) is 4. The number of rotatable bonds is 10. The van der Waals surface area contributed by atoms with Crippen LogP contribution in [0.5, 0.6) is 0 Å². The Kier molecular flexibility index (Phi) is 10.5. The van der Waals surface area contributed by atoms with E-state index in [1.807, 2.05) is 27.7 Å². The predicted molar refractivity (Wildman–Crippen MR) is 123 cm³/mol. The lowest BCUT2D eigenvalue weighted by molar-refractivity contribution is -0.384. The zero-order chi connectivity index (χ0) is 22.5. The van der Waals surface area contributed by atoms with Crippen molar-refractivity contribution in [3.8, 4) is 0 Å². The molecule has 0 aliphatic carbocycles. The van der Waals surface area contributed by atoms with Crippen LogP contribution >= 0.6 is 0 Å². The minimum atomic E-state index is -0.381. The van der Waals surface area contributed by atoms with Gasteiger partial charge in [0.15, 0.2) is 0 Å². The zero-order valence-corrected chi connectivity index (χ0v) is 17.8. The summed E-state index contributed by atoms with van der Waals surface area (Å²) < 4.78 is 0. The van der Waals surface area contributed by atoms with E-state index in [1.54, 1.807) is 24.3 Å². The van der Waals surface area contributed by atoms with Gasteiger partial charge in [-0.3, -0.25) is 20.2 Å². The second kappa shape index (κ2) is 12.8. The first-order valence-electron chi connectivity index (χ1n) is 9.90. The molecule has 0 saturated heterocycles. The van der Waals surface area contributed by atoms with Gasteiger partial charge in [0.05, 0.1) is 9.85 Å². The smallest absolute Gasteiger partial charge is 0.292 e. The second-order valence-electron chi connectivity index (χ2n) is 6.10. The fourth-order valence-corrected chi connectivity index (χ4v) is 2.68. The van der Waals surface area contributed by atoms with E-state index in [9.17, 15) is 20.2 Å². The van der Waals surface area contributed by atoms with Crippen LogP contribution in [-0.2, 0) is 0 Å². The SMILES string of the molecule is CCNc1ccc([N+](=O)[O-])c(NCC)c1.CCNc1ccc([N+](=O)[O-])c(NCC)c1. The first kappa shape index (κ1) is 24.5. The van der Waals surface area contributed by atoms with Gasteiger partial charge in [-0.25, -0.2) is 0 Å². The van der Waals surface area contributed by atoms with Gasteiger partial charge in [-0.2, -0.15) is 0 Å². The molecule has 0 aromatic heterocycles. The average Bonchev–Trinajstić information content (AvgIpc) is 2.69. The Morgan fingerprint density at radius 3 is 1.23 bits per heavy atom. The van der Waals surface area contributed by atoms with Gasteiger partial charge in [-0.1, -0.05) is 0 Å². The monoisotopic (exact) mass is 418 g/mol. The van der Waals surface area contributed by atoms with Crippen LogP contribution in [0.1, 0.15) is 27.7 Å². The molecule has 2 rings (SSSR count). The first-order valence-corrected chi connectivity index (χ1v) is 9.90. The number of benzene rings is 2. The molecular weight excluding hydrogens is 388 g/mol. The summed E-state index contributed by atoms with van der Waals surface area (Å²) in [4.78, 5) is 20.7. The highest BCUT2D eigenvalue weighted by Crippen LogP contribution is 2.28. The van der Waals surface area contributed by atoms with Gasteiger partial charge in [0.25, 0.3) is 11.4 Å². The lowest BCUT2D eigenvalue weighted by Crippen LogP contribution is -2.03. The summed E-state index contributed by atoms with van der Waals surface area (Å²) in [7, 11) is 0. The minimum Gasteiger partial charge on any atom is -0.385 e. The summed E-state index contributed by atoms with van der Waals surface area (Å²) in [5, 5.41) is 33.6. The summed E-state index contributed by atoms with van der Waals surface area (Å²) in [5.74, 6) is 0. The maximum absolute atomic E-state index is 10.7. The van der Waals surface area contributed by atoms with E-state index >= 15 is 0 Å². The summed E-state index contributed by atoms with van der Waals surface area (Å²) in [5.41, 5.74) is 3.11. The van der Waals surface area contributed by atoms with Crippen molar-refractivity contribution in [1.29, 1.82) is 0 Å². The summed E-state index contributed by atoms with van der Waals surface area (Å²) in [6.07, 6.45) is 0. The molecule has 0 radical (unpaired) electrons. The molecule has 0 spiro atoms.